The largest absolute Gasteiger partial charge is 0.352 e. The van der Waals surface area contributed by atoms with Crippen LogP contribution in [-0.4, -0.2) is 49.6 Å². The molecule has 2 aliphatic heterocycles. The van der Waals surface area contributed by atoms with Crippen LogP contribution < -0.4 is 10.6 Å². The highest BCUT2D eigenvalue weighted by molar-refractivity contribution is 5.78. The van der Waals surface area contributed by atoms with Crippen LogP contribution in [0.2, 0.25) is 0 Å². The number of carbonyl (C=O) groups excluding carboxylic acids is 1. The second kappa shape index (κ2) is 6.02. The van der Waals surface area contributed by atoms with Crippen LogP contribution in [0.4, 0.5) is 0 Å². The minimum Gasteiger partial charge on any atom is -0.352 e. The Labute approximate surface area is 122 Å². The molecule has 3 rings (SSSR count). The monoisotopic (exact) mass is 279 g/mol. The molecule has 0 spiro atoms. The van der Waals surface area contributed by atoms with Gasteiger partial charge in [-0.3, -0.25) is 9.69 Å². The molecule has 3 aliphatic rings. The summed E-state index contributed by atoms with van der Waals surface area (Å²) in [5.74, 6) is 3.15. The molecule has 4 nitrogen and oxygen atoms in total. The van der Waals surface area contributed by atoms with Crippen molar-refractivity contribution in [3.8, 4) is 0 Å². The fourth-order valence-electron chi connectivity index (χ4n) is 4.32. The van der Waals surface area contributed by atoms with Crippen molar-refractivity contribution in [1.29, 1.82) is 0 Å². The second-order valence-corrected chi connectivity index (χ2v) is 7.31. The van der Waals surface area contributed by atoms with E-state index < -0.39 is 0 Å². The van der Waals surface area contributed by atoms with Crippen molar-refractivity contribution >= 4 is 5.91 Å². The molecule has 0 aromatic carbocycles. The van der Waals surface area contributed by atoms with Crippen molar-refractivity contribution in [2.24, 2.45) is 23.7 Å². The normalized spacial score (nSPS) is 41.6. The Kier molecular flexibility index (Phi) is 4.32. The summed E-state index contributed by atoms with van der Waals surface area (Å²) in [6.45, 7) is 9.69. The Balaban J connectivity index is 1.45. The molecule has 2 heterocycles. The van der Waals surface area contributed by atoms with Gasteiger partial charge in [0.15, 0.2) is 0 Å². The third-order valence-corrected chi connectivity index (χ3v) is 5.89. The highest BCUT2D eigenvalue weighted by Crippen LogP contribution is 2.29. The fraction of sp³-hybridized carbons (Fsp3) is 0.938. The Morgan fingerprint density at radius 1 is 1.20 bits per heavy atom. The molecule has 5 unspecified atom stereocenters. The number of amides is 1. The van der Waals surface area contributed by atoms with Crippen molar-refractivity contribution in [3.63, 3.8) is 0 Å². The van der Waals surface area contributed by atoms with Gasteiger partial charge in [-0.15, -0.1) is 0 Å². The Hall–Kier alpha value is -0.610. The van der Waals surface area contributed by atoms with E-state index in [0.29, 0.717) is 18.5 Å². The molecule has 1 amide bonds. The smallest absolute Gasteiger partial charge is 0.234 e. The van der Waals surface area contributed by atoms with Gasteiger partial charge in [0.2, 0.25) is 5.91 Å². The van der Waals surface area contributed by atoms with Crippen LogP contribution in [0.15, 0.2) is 0 Å². The predicted molar refractivity (Wildman–Crippen MR) is 80.4 cm³/mol. The summed E-state index contributed by atoms with van der Waals surface area (Å²) in [5, 5.41) is 6.74. The first-order valence-corrected chi connectivity index (χ1v) is 8.36. The standard InChI is InChI=1S/C16H29N3O/c1-11-4-3-5-15(12(11)2)18-16(20)10-19-8-13-6-17-7-14(13)9-19/h11-15,17H,3-10H2,1-2H3,(H,18,20). The molecule has 114 valence electrons. The van der Waals surface area contributed by atoms with E-state index in [2.05, 4.69) is 29.4 Å². The summed E-state index contributed by atoms with van der Waals surface area (Å²) < 4.78 is 0. The zero-order chi connectivity index (χ0) is 14.1. The van der Waals surface area contributed by atoms with Crippen molar-refractivity contribution in [3.05, 3.63) is 0 Å². The first-order valence-electron chi connectivity index (χ1n) is 8.36. The molecule has 0 radical (unpaired) electrons. The average Bonchev–Trinajstić information content (AvgIpc) is 2.95. The quantitative estimate of drug-likeness (QED) is 0.812. The van der Waals surface area contributed by atoms with Gasteiger partial charge in [0.25, 0.3) is 0 Å². The molecular formula is C16H29N3O. The molecule has 3 fully saturated rings. The minimum atomic E-state index is 0.240. The van der Waals surface area contributed by atoms with Crippen molar-refractivity contribution < 1.29 is 4.79 Å². The van der Waals surface area contributed by atoms with Gasteiger partial charge in [-0.1, -0.05) is 26.7 Å². The first-order chi connectivity index (χ1) is 9.63. The van der Waals surface area contributed by atoms with Crippen LogP contribution in [0.1, 0.15) is 33.1 Å². The zero-order valence-electron chi connectivity index (χ0n) is 12.9. The molecule has 5 atom stereocenters. The minimum absolute atomic E-state index is 0.240. The van der Waals surface area contributed by atoms with Gasteiger partial charge in [-0.25, -0.2) is 0 Å². The molecule has 2 saturated heterocycles. The molecule has 2 N–H and O–H groups in total. The summed E-state index contributed by atoms with van der Waals surface area (Å²) in [4.78, 5) is 14.6. The summed E-state index contributed by atoms with van der Waals surface area (Å²) in [6.07, 6.45) is 3.73. The van der Waals surface area contributed by atoms with E-state index in [4.69, 9.17) is 0 Å². The average molecular weight is 279 g/mol. The van der Waals surface area contributed by atoms with E-state index in [1.165, 1.54) is 12.8 Å². The summed E-state index contributed by atoms with van der Waals surface area (Å²) in [5.41, 5.74) is 0. The maximum Gasteiger partial charge on any atom is 0.234 e. The zero-order valence-corrected chi connectivity index (χ0v) is 12.9. The van der Waals surface area contributed by atoms with Gasteiger partial charge < -0.3 is 10.6 Å². The molecule has 0 aromatic heterocycles. The lowest BCUT2D eigenvalue weighted by molar-refractivity contribution is -0.123. The van der Waals surface area contributed by atoms with E-state index in [0.717, 1.165) is 50.4 Å². The predicted octanol–water partition coefficient (Wildman–Crippen LogP) is 1.08. The third kappa shape index (κ3) is 3.01. The maximum absolute atomic E-state index is 12.3. The Morgan fingerprint density at radius 2 is 1.90 bits per heavy atom. The van der Waals surface area contributed by atoms with Gasteiger partial charge in [0.05, 0.1) is 6.54 Å². The van der Waals surface area contributed by atoms with Gasteiger partial charge >= 0.3 is 0 Å². The number of hydrogen-bond donors (Lipinski definition) is 2. The van der Waals surface area contributed by atoms with Crippen LogP contribution in [0.3, 0.4) is 0 Å². The first kappa shape index (κ1) is 14.3. The van der Waals surface area contributed by atoms with E-state index >= 15 is 0 Å². The van der Waals surface area contributed by atoms with Crippen molar-refractivity contribution in [2.75, 3.05) is 32.7 Å². The van der Waals surface area contributed by atoms with Gasteiger partial charge in [0.1, 0.15) is 0 Å². The van der Waals surface area contributed by atoms with Crippen LogP contribution in [0.5, 0.6) is 0 Å². The number of rotatable bonds is 3. The molecule has 0 bridgehead atoms. The molecule has 1 aliphatic carbocycles. The van der Waals surface area contributed by atoms with E-state index in [1.807, 2.05) is 0 Å². The molecule has 20 heavy (non-hydrogen) atoms. The maximum atomic E-state index is 12.3. The lowest BCUT2D eigenvalue weighted by Gasteiger charge is -2.35. The fourth-order valence-corrected chi connectivity index (χ4v) is 4.32. The Morgan fingerprint density at radius 3 is 2.60 bits per heavy atom. The molecule has 1 saturated carbocycles. The highest BCUT2D eigenvalue weighted by atomic mass is 16.2. The molecular weight excluding hydrogens is 250 g/mol. The summed E-state index contributed by atoms with van der Waals surface area (Å²) in [6, 6.07) is 0.398. The highest BCUT2D eigenvalue weighted by Gasteiger charge is 2.37. The Bertz CT molecular complexity index is 348. The van der Waals surface area contributed by atoms with Crippen LogP contribution in [0.25, 0.3) is 0 Å². The summed E-state index contributed by atoms with van der Waals surface area (Å²) >= 11 is 0. The topological polar surface area (TPSA) is 44.4 Å². The lowest BCUT2D eigenvalue weighted by Crippen LogP contribution is -2.47. The molecule has 0 aromatic rings. The number of likely N-dealkylation sites (tertiary alicyclic amines) is 1. The molecule has 4 heteroatoms. The number of nitrogens with one attached hydrogen (secondary N) is 2. The number of nitrogens with zero attached hydrogens (tertiary/aromatic N) is 1. The van der Waals surface area contributed by atoms with Gasteiger partial charge in [-0.2, -0.15) is 0 Å². The number of hydrogen-bond acceptors (Lipinski definition) is 3. The third-order valence-electron chi connectivity index (χ3n) is 5.89. The van der Waals surface area contributed by atoms with Gasteiger partial charge in [0, 0.05) is 19.1 Å². The van der Waals surface area contributed by atoms with Gasteiger partial charge in [-0.05, 0) is 43.2 Å². The van der Waals surface area contributed by atoms with Crippen molar-refractivity contribution in [1.82, 2.24) is 15.5 Å². The summed E-state index contributed by atoms with van der Waals surface area (Å²) in [7, 11) is 0. The van der Waals surface area contributed by atoms with Crippen LogP contribution in [-0.2, 0) is 4.79 Å². The van der Waals surface area contributed by atoms with E-state index in [1.54, 1.807) is 0 Å². The second-order valence-electron chi connectivity index (χ2n) is 7.31. The lowest BCUT2D eigenvalue weighted by atomic mass is 9.78. The number of fused-ring (bicyclic) bond motifs is 1. The number of carbonyl (C=O) groups is 1. The SMILES string of the molecule is CC1CCCC(NC(=O)CN2CC3CNCC3C2)C1C. The van der Waals surface area contributed by atoms with Crippen LogP contribution >= 0.6 is 0 Å². The van der Waals surface area contributed by atoms with Crippen molar-refractivity contribution in [2.45, 2.75) is 39.2 Å². The van der Waals surface area contributed by atoms with E-state index in [-0.39, 0.29) is 5.91 Å². The van der Waals surface area contributed by atoms with E-state index in [9.17, 15) is 4.79 Å². The van der Waals surface area contributed by atoms with Crippen LogP contribution in [0, 0.1) is 23.7 Å².